The molecule has 1 fully saturated rings. The molecule has 0 saturated heterocycles. The second-order valence-corrected chi connectivity index (χ2v) is 5.09. The minimum atomic E-state index is -1.06. The van der Waals surface area contributed by atoms with Gasteiger partial charge in [-0.05, 0) is 23.6 Å². The molecule has 1 atom stereocenters. The van der Waals surface area contributed by atoms with Gasteiger partial charge in [0.1, 0.15) is 17.6 Å². The Morgan fingerprint density at radius 2 is 1.84 bits per heavy atom. The quantitative estimate of drug-likeness (QED) is 0.830. The van der Waals surface area contributed by atoms with Crippen LogP contribution in [0, 0.1) is 28.9 Å². The summed E-state index contributed by atoms with van der Waals surface area (Å²) in [6.45, 7) is 0. The van der Waals surface area contributed by atoms with Gasteiger partial charge in [-0.2, -0.15) is 5.26 Å². The third-order valence-electron chi connectivity index (χ3n) is 3.63. The fourth-order valence-electron chi connectivity index (χ4n) is 2.69. The Morgan fingerprint density at radius 1 is 1.26 bits per heavy atom. The molecule has 2 rings (SSSR count). The Hall–Kier alpha value is -1.76. The molecule has 1 saturated carbocycles. The monoisotopic (exact) mass is 263 g/mol. The predicted molar refractivity (Wildman–Crippen MR) is 66.3 cm³/mol. The van der Waals surface area contributed by atoms with E-state index in [0.717, 1.165) is 43.9 Å². The molecule has 0 amide bonds. The fraction of sp³-hybridized carbons (Fsp3) is 0.467. The van der Waals surface area contributed by atoms with Gasteiger partial charge in [-0.15, -0.1) is 0 Å². The highest BCUT2D eigenvalue weighted by Gasteiger charge is 2.26. The largest absolute Gasteiger partial charge is 0.298 e. The van der Waals surface area contributed by atoms with E-state index in [4.69, 9.17) is 5.26 Å². The SMILES string of the molecule is N#CC(C(=O)CC1CCCC1)c1cc(F)cc(F)c1. The Labute approximate surface area is 111 Å². The molecule has 100 valence electrons. The van der Waals surface area contributed by atoms with Crippen molar-refractivity contribution in [3.05, 3.63) is 35.4 Å². The molecule has 0 spiro atoms. The van der Waals surface area contributed by atoms with Gasteiger partial charge in [0.25, 0.3) is 0 Å². The summed E-state index contributed by atoms with van der Waals surface area (Å²) in [6.07, 6.45) is 4.56. The van der Waals surface area contributed by atoms with E-state index in [2.05, 4.69) is 0 Å². The van der Waals surface area contributed by atoms with Gasteiger partial charge in [-0.1, -0.05) is 25.7 Å². The highest BCUT2D eigenvalue weighted by molar-refractivity contribution is 5.88. The topological polar surface area (TPSA) is 40.9 Å². The zero-order valence-electron chi connectivity index (χ0n) is 10.5. The van der Waals surface area contributed by atoms with E-state index in [1.165, 1.54) is 0 Å². The van der Waals surface area contributed by atoms with Crippen LogP contribution in [-0.2, 0) is 4.79 Å². The number of Topliss-reactive ketones (excluding diaryl/α,β-unsaturated/α-hetero) is 1. The van der Waals surface area contributed by atoms with Crippen molar-refractivity contribution in [2.24, 2.45) is 5.92 Å². The smallest absolute Gasteiger partial charge is 0.154 e. The molecule has 0 radical (unpaired) electrons. The number of carbonyl (C=O) groups is 1. The van der Waals surface area contributed by atoms with Crippen LogP contribution in [0.1, 0.15) is 43.6 Å². The second-order valence-electron chi connectivity index (χ2n) is 5.09. The van der Waals surface area contributed by atoms with E-state index in [1.54, 1.807) is 0 Å². The normalized spacial score (nSPS) is 17.1. The summed E-state index contributed by atoms with van der Waals surface area (Å²) in [5, 5.41) is 9.09. The van der Waals surface area contributed by atoms with E-state index < -0.39 is 17.6 Å². The Morgan fingerprint density at radius 3 is 2.37 bits per heavy atom. The Kier molecular flexibility index (Phi) is 4.26. The first kappa shape index (κ1) is 13.7. The van der Waals surface area contributed by atoms with Gasteiger partial charge in [0, 0.05) is 12.5 Å². The van der Waals surface area contributed by atoms with Crippen LogP contribution < -0.4 is 0 Å². The number of hydrogen-bond donors (Lipinski definition) is 0. The van der Waals surface area contributed by atoms with Crippen LogP contribution in [0.2, 0.25) is 0 Å². The molecular formula is C15H15F2NO. The molecule has 0 heterocycles. The van der Waals surface area contributed by atoms with Crippen molar-refractivity contribution in [2.75, 3.05) is 0 Å². The minimum absolute atomic E-state index is 0.114. The highest BCUT2D eigenvalue weighted by atomic mass is 19.1. The van der Waals surface area contributed by atoms with Crippen molar-refractivity contribution < 1.29 is 13.6 Å². The van der Waals surface area contributed by atoms with Crippen LogP contribution in [0.15, 0.2) is 18.2 Å². The lowest BCUT2D eigenvalue weighted by molar-refractivity contribution is -0.120. The van der Waals surface area contributed by atoms with E-state index in [0.29, 0.717) is 12.3 Å². The maximum Gasteiger partial charge on any atom is 0.154 e. The molecule has 1 aromatic carbocycles. The summed E-state index contributed by atoms with van der Waals surface area (Å²) >= 11 is 0. The molecule has 19 heavy (non-hydrogen) atoms. The number of hydrogen-bond acceptors (Lipinski definition) is 2. The van der Waals surface area contributed by atoms with Crippen LogP contribution in [0.5, 0.6) is 0 Å². The lowest BCUT2D eigenvalue weighted by Gasteiger charge is -2.12. The van der Waals surface area contributed by atoms with Gasteiger partial charge in [-0.25, -0.2) is 8.78 Å². The van der Waals surface area contributed by atoms with Gasteiger partial charge >= 0.3 is 0 Å². The van der Waals surface area contributed by atoms with Crippen LogP contribution in [0.25, 0.3) is 0 Å². The molecule has 0 aromatic heterocycles. The molecular weight excluding hydrogens is 248 g/mol. The third-order valence-corrected chi connectivity index (χ3v) is 3.63. The standard InChI is InChI=1S/C15H15F2NO/c16-12-6-11(7-13(17)8-12)14(9-18)15(19)5-10-3-1-2-4-10/h6-8,10,14H,1-5H2. The fourth-order valence-corrected chi connectivity index (χ4v) is 2.69. The van der Waals surface area contributed by atoms with Gasteiger partial charge in [0.05, 0.1) is 6.07 Å². The lowest BCUT2D eigenvalue weighted by atomic mass is 9.89. The predicted octanol–water partition coefficient (Wildman–Crippen LogP) is 3.72. The molecule has 1 unspecified atom stereocenters. The van der Waals surface area contributed by atoms with Crippen molar-refractivity contribution in [2.45, 2.75) is 38.0 Å². The number of rotatable bonds is 4. The molecule has 0 N–H and O–H groups in total. The summed E-state index contributed by atoms with van der Waals surface area (Å²) in [5.74, 6) is -2.50. The Bertz CT molecular complexity index is 495. The molecule has 0 aliphatic heterocycles. The third kappa shape index (κ3) is 3.37. The Balaban J connectivity index is 2.14. The summed E-state index contributed by atoms with van der Waals surface area (Å²) in [4.78, 5) is 12.1. The molecule has 4 heteroatoms. The number of carbonyl (C=O) groups excluding carboxylic acids is 1. The maximum absolute atomic E-state index is 13.1. The zero-order chi connectivity index (χ0) is 13.8. The van der Waals surface area contributed by atoms with Crippen LogP contribution in [0.3, 0.4) is 0 Å². The minimum Gasteiger partial charge on any atom is -0.298 e. The summed E-state index contributed by atoms with van der Waals surface area (Å²) in [6, 6.07) is 4.72. The van der Waals surface area contributed by atoms with E-state index >= 15 is 0 Å². The first-order chi connectivity index (χ1) is 9.10. The summed E-state index contributed by atoms with van der Waals surface area (Å²) < 4.78 is 26.3. The van der Waals surface area contributed by atoms with Gasteiger partial charge in [0.15, 0.2) is 5.78 Å². The van der Waals surface area contributed by atoms with Crippen LogP contribution in [-0.4, -0.2) is 5.78 Å². The molecule has 1 aliphatic rings. The zero-order valence-corrected chi connectivity index (χ0v) is 10.5. The number of nitrogens with zero attached hydrogens (tertiary/aromatic N) is 1. The number of halogens is 2. The first-order valence-corrected chi connectivity index (χ1v) is 6.48. The number of benzene rings is 1. The van der Waals surface area contributed by atoms with Gasteiger partial charge in [-0.3, -0.25) is 4.79 Å². The van der Waals surface area contributed by atoms with E-state index in [-0.39, 0.29) is 11.3 Å². The van der Waals surface area contributed by atoms with Crippen molar-refractivity contribution in [1.29, 1.82) is 5.26 Å². The molecule has 0 bridgehead atoms. The summed E-state index contributed by atoms with van der Waals surface area (Å²) in [5.41, 5.74) is 0.114. The van der Waals surface area contributed by atoms with Crippen LogP contribution in [0.4, 0.5) is 8.78 Å². The molecule has 2 nitrogen and oxygen atoms in total. The van der Waals surface area contributed by atoms with E-state index in [9.17, 15) is 13.6 Å². The van der Waals surface area contributed by atoms with E-state index in [1.807, 2.05) is 6.07 Å². The van der Waals surface area contributed by atoms with Gasteiger partial charge in [0.2, 0.25) is 0 Å². The molecule has 1 aromatic rings. The van der Waals surface area contributed by atoms with Crippen LogP contribution >= 0.6 is 0 Å². The first-order valence-electron chi connectivity index (χ1n) is 6.48. The average Bonchev–Trinajstić information content (AvgIpc) is 2.81. The molecule has 1 aliphatic carbocycles. The maximum atomic E-state index is 13.1. The highest BCUT2D eigenvalue weighted by Crippen LogP contribution is 2.30. The summed E-state index contributed by atoms with van der Waals surface area (Å²) in [7, 11) is 0. The van der Waals surface area contributed by atoms with Crippen molar-refractivity contribution in [3.8, 4) is 6.07 Å². The lowest BCUT2D eigenvalue weighted by Crippen LogP contribution is -2.14. The van der Waals surface area contributed by atoms with Crippen molar-refractivity contribution >= 4 is 5.78 Å². The number of nitriles is 1. The second kappa shape index (κ2) is 5.92. The van der Waals surface area contributed by atoms with Crippen molar-refractivity contribution in [3.63, 3.8) is 0 Å². The number of ketones is 1. The van der Waals surface area contributed by atoms with Gasteiger partial charge < -0.3 is 0 Å². The van der Waals surface area contributed by atoms with Crippen molar-refractivity contribution in [1.82, 2.24) is 0 Å². The average molecular weight is 263 g/mol.